The van der Waals surface area contributed by atoms with E-state index in [-0.39, 0.29) is 0 Å². The second-order valence-corrected chi connectivity index (χ2v) is 5.39. The zero-order valence-electron chi connectivity index (χ0n) is 8.52. The smallest absolute Gasteiger partial charge is 0.0458 e. The van der Waals surface area contributed by atoms with Gasteiger partial charge in [-0.2, -0.15) is 11.8 Å². The molecule has 82 valence electrons. The van der Waals surface area contributed by atoms with Gasteiger partial charge in [0.1, 0.15) is 0 Å². The van der Waals surface area contributed by atoms with Gasteiger partial charge in [0.25, 0.3) is 0 Å². The summed E-state index contributed by atoms with van der Waals surface area (Å²) in [6, 6.07) is 4.12. The molecule has 0 aromatic heterocycles. The van der Waals surface area contributed by atoms with E-state index in [1.54, 1.807) is 0 Å². The highest BCUT2D eigenvalue weighted by molar-refractivity contribution is 7.98. The third kappa shape index (κ3) is 2.28. The summed E-state index contributed by atoms with van der Waals surface area (Å²) in [5, 5.41) is 5.12. The predicted octanol–water partition coefficient (Wildman–Crippen LogP) is 3.89. The Labute approximate surface area is 105 Å². The third-order valence-electron chi connectivity index (χ3n) is 2.58. The average molecular weight is 262 g/mol. The van der Waals surface area contributed by atoms with Crippen LogP contribution >= 0.6 is 35.0 Å². The molecule has 1 aliphatic rings. The molecule has 1 aromatic carbocycles. The van der Waals surface area contributed by atoms with Gasteiger partial charge in [-0.15, -0.1) is 0 Å². The van der Waals surface area contributed by atoms with Gasteiger partial charge in [0.2, 0.25) is 0 Å². The molecule has 0 radical (unpaired) electrons. The Morgan fingerprint density at radius 3 is 2.87 bits per heavy atom. The van der Waals surface area contributed by atoms with Gasteiger partial charge < -0.3 is 5.32 Å². The second kappa shape index (κ2) is 4.96. The van der Waals surface area contributed by atoms with Gasteiger partial charge in [-0.3, -0.25) is 0 Å². The Morgan fingerprint density at radius 2 is 2.13 bits per heavy atom. The SMILES string of the molecule is CCNC1CSCc2c(Cl)ccc(Cl)c21. The molecular weight excluding hydrogens is 249 g/mol. The Hall–Kier alpha value is 0.110. The molecule has 0 amide bonds. The number of hydrogen-bond donors (Lipinski definition) is 1. The second-order valence-electron chi connectivity index (χ2n) is 3.55. The molecule has 0 aliphatic carbocycles. The number of nitrogens with one attached hydrogen (secondary N) is 1. The van der Waals surface area contributed by atoms with Gasteiger partial charge in [0, 0.05) is 27.6 Å². The summed E-state index contributed by atoms with van der Waals surface area (Å²) < 4.78 is 0. The van der Waals surface area contributed by atoms with E-state index in [0.717, 1.165) is 28.1 Å². The average Bonchev–Trinajstić information content (AvgIpc) is 2.24. The van der Waals surface area contributed by atoms with Crippen LogP contribution in [0.5, 0.6) is 0 Å². The van der Waals surface area contributed by atoms with Crippen LogP contribution in [-0.2, 0) is 5.75 Å². The number of rotatable bonds is 2. The molecule has 0 bridgehead atoms. The van der Waals surface area contributed by atoms with Crippen molar-refractivity contribution in [3.63, 3.8) is 0 Å². The zero-order valence-corrected chi connectivity index (χ0v) is 10.8. The van der Waals surface area contributed by atoms with E-state index in [9.17, 15) is 0 Å². The highest BCUT2D eigenvalue weighted by Crippen LogP contribution is 2.39. The minimum Gasteiger partial charge on any atom is -0.309 e. The summed E-state index contributed by atoms with van der Waals surface area (Å²) in [6.45, 7) is 3.06. The van der Waals surface area contributed by atoms with Crippen molar-refractivity contribution in [1.82, 2.24) is 5.32 Å². The molecule has 0 fully saturated rings. The largest absolute Gasteiger partial charge is 0.309 e. The van der Waals surface area contributed by atoms with Crippen molar-refractivity contribution >= 4 is 35.0 Å². The molecule has 1 N–H and O–H groups in total. The van der Waals surface area contributed by atoms with E-state index in [2.05, 4.69) is 12.2 Å². The molecule has 1 heterocycles. The van der Waals surface area contributed by atoms with Gasteiger partial charge in [0.05, 0.1) is 0 Å². The summed E-state index contributed by atoms with van der Waals surface area (Å²) >= 11 is 14.3. The first-order valence-corrected chi connectivity index (χ1v) is 6.93. The summed E-state index contributed by atoms with van der Waals surface area (Å²) in [5.41, 5.74) is 2.40. The third-order valence-corrected chi connectivity index (χ3v) is 4.32. The van der Waals surface area contributed by atoms with Gasteiger partial charge >= 0.3 is 0 Å². The highest BCUT2D eigenvalue weighted by Gasteiger charge is 2.24. The molecule has 15 heavy (non-hydrogen) atoms. The van der Waals surface area contributed by atoms with Crippen molar-refractivity contribution in [2.45, 2.75) is 18.7 Å². The monoisotopic (exact) mass is 261 g/mol. The fourth-order valence-electron chi connectivity index (χ4n) is 1.90. The van der Waals surface area contributed by atoms with Crippen LogP contribution in [0, 0.1) is 0 Å². The minimum absolute atomic E-state index is 0.343. The molecule has 4 heteroatoms. The number of fused-ring (bicyclic) bond motifs is 1. The van der Waals surface area contributed by atoms with Crippen LogP contribution in [0.15, 0.2) is 12.1 Å². The maximum Gasteiger partial charge on any atom is 0.0458 e. The van der Waals surface area contributed by atoms with Crippen molar-refractivity contribution in [1.29, 1.82) is 0 Å². The van der Waals surface area contributed by atoms with Crippen LogP contribution < -0.4 is 5.32 Å². The van der Waals surface area contributed by atoms with Crippen molar-refractivity contribution < 1.29 is 0 Å². The molecule has 0 spiro atoms. The van der Waals surface area contributed by atoms with Crippen LogP contribution in [0.4, 0.5) is 0 Å². The zero-order chi connectivity index (χ0) is 10.8. The number of hydrogen-bond acceptors (Lipinski definition) is 2. The fourth-order valence-corrected chi connectivity index (χ4v) is 3.68. The lowest BCUT2D eigenvalue weighted by atomic mass is 10.0. The fraction of sp³-hybridized carbons (Fsp3) is 0.455. The summed E-state index contributed by atoms with van der Waals surface area (Å²) in [4.78, 5) is 0. The molecule has 0 saturated heterocycles. The molecule has 1 unspecified atom stereocenters. The van der Waals surface area contributed by atoms with Gasteiger partial charge in [-0.25, -0.2) is 0 Å². The van der Waals surface area contributed by atoms with E-state index < -0.39 is 0 Å². The molecule has 1 nitrogen and oxygen atoms in total. The van der Waals surface area contributed by atoms with Crippen LogP contribution in [0.3, 0.4) is 0 Å². The van der Waals surface area contributed by atoms with E-state index in [0.29, 0.717) is 6.04 Å². The molecule has 0 saturated carbocycles. The Morgan fingerprint density at radius 1 is 1.40 bits per heavy atom. The van der Waals surface area contributed by atoms with Crippen molar-refractivity contribution in [3.8, 4) is 0 Å². The highest BCUT2D eigenvalue weighted by atomic mass is 35.5. The molecule has 1 aromatic rings. The van der Waals surface area contributed by atoms with Gasteiger partial charge in [-0.05, 0) is 29.8 Å². The van der Waals surface area contributed by atoms with Crippen molar-refractivity contribution in [3.05, 3.63) is 33.3 Å². The summed E-state index contributed by atoms with van der Waals surface area (Å²) in [5.74, 6) is 2.04. The predicted molar refractivity (Wildman–Crippen MR) is 69.0 cm³/mol. The van der Waals surface area contributed by atoms with Crippen LogP contribution in [0.25, 0.3) is 0 Å². The summed E-state index contributed by atoms with van der Waals surface area (Å²) in [6.07, 6.45) is 0. The lowest BCUT2D eigenvalue weighted by molar-refractivity contribution is 0.598. The normalized spacial score (nSPS) is 20.1. The topological polar surface area (TPSA) is 12.0 Å². The quantitative estimate of drug-likeness (QED) is 0.867. The lowest BCUT2D eigenvalue weighted by Gasteiger charge is -2.27. The number of halogens is 2. The summed E-state index contributed by atoms with van der Waals surface area (Å²) in [7, 11) is 0. The van der Waals surface area contributed by atoms with Crippen LogP contribution in [-0.4, -0.2) is 12.3 Å². The lowest BCUT2D eigenvalue weighted by Crippen LogP contribution is -2.26. The molecule has 1 aliphatic heterocycles. The molecule has 2 rings (SSSR count). The molecular formula is C11H13Cl2NS. The van der Waals surface area contributed by atoms with Crippen LogP contribution in [0.1, 0.15) is 24.1 Å². The Kier molecular flexibility index (Phi) is 3.83. The van der Waals surface area contributed by atoms with E-state index >= 15 is 0 Å². The Bertz CT molecular complexity index is 368. The van der Waals surface area contributed by atoms with Gasteiger partial charge in [0.15, 0.2) is 0 Å². The number of benzene rings is 1. The van der Waals surface area contributed by atoms with E-state index in [1.165, 1.54) is 11.1 Å². The molecule has 1 atom stereocenters. The van der Waals surface area contributed by atoms with E-state index in [1.807, 2.05) is 23.9 Å². The first kappa shape index (κ1) is 11.6. The van der Waals surface area contributed by atoms with E-state index in [4.69, 9.17) is 23.2 Å². The van der Waals surface area contributed by atoms with Crippen LogP contribution in [0.2, 0.25) is 10.0 Å². The van der Waals surface area contributed by atoms with Crippen molar-refractivity contribution in [2.75, 3.05) is 12.3 Å². The number of thioether (sulfide) groups is 1. The van der Waals surface area contributed by atoms with Gasteiger partial charge in [-0.1, -0.05) is 30.1 Å². The minimum atomic E-state index is 0.343. The standard InChI is InChI=1S/C11H13Cl2NS/c1-2-14-10-6-15-5-7-8(12)3-4-9(13)11(7)10/h3-4,10,14H,2,5-6H2,1H3. The maximum absolute atomic E-state index is 6.24. The first-order chi connectivity index (χ1) is 7.24. The maximum atomic E-state index is 6.24. The van der Waals surface area contributed by atoms with Crippen molar-refractivity contribution in [2.24, 2.45) is 0 Å². The Balaban J connectivity index is 2.45. The first-order valence-electron chi connectivity index (χ1n) is 5.02.